The molecule has 0 spiro atoms. The van der Waals surface area contributed by atoms with Gasteiger partial charge in [-0.25, -0.2) is 14.4 Å². The van der Waals surface area contributed by atoms with Crippen molar-refractivity contribution in [2.45, 2.75) is 55.8 Å². The van der Waals surface area contributed by atoms with Gasteiger partial charge in [0.05, 0.1) is 26.4 Å². The fourth-order valence-corrected chi connectivity index (χ4v) is 4.06. The van der Waals surface area contributed by atoms with Gasteiger partial charge in [-0.3, -0.25) is 4.79 Å². The summed E-state index contributed by atoms with van der Waals surface area (Å²) in [5, 5.41) is 9.71. The van der Waals surface area contributed by atoms with E-state index in [1.807, 2.05) is 0 Å². The number of hydrogen-bond acceptors (Lipinski definition) is 12. The zero-order valence-corrected chi connectivity index (χ0v) is 17.7. The summed E-state index contributed by atoms with van der Waals surface area (Å²) in [6, 6.07) is 0. The molecule has 8 atom stereocenters. The highest BCUT2D eigenvalue weighted by molar-refractivity contribution is 5.94. The zero-order valence-electron chi connectivity index (χ0n) is 17.7. The number of carbonyl (C=O) groups is 4. The van der Waals surface area contributed by atoms with Gasteiger partial charge in [-0.2, -0.15) is 0 Å². The van der Waals surface area contributed by atoms with Crippen molar-refractivity contribution >= 4 is 23.7 Å². The van der Waals surface area contributed by atoms with Crippen LogP contribution in [0.15, 0.2) is 24.3 Å². The number of fused-ring (bicyclic) bond motifs is 2. The molecule has 0 saturated carbocycles. The molecule has 0 amide bonds. The van der Waals surface area contributed by atoms with Crippen molar-refractivity contribution in [3.8, 4) is 0 Å². The number of ether oxygens (including phenoxy) is 7. The topological polar surface area (TPSA) is 153 Å². The molecular formula is C21H24O12. The van der Waals surface area contributed by atoms with Gasteiger partial charge in [0.1, 0.15) is 30.5 Å². The van der Waals surface area contributed by atoms with Crippen molar-refractivity contribution in [1.29, 1.82) is 0 Å². The molecule has 0 aromatic rings. The fourth-order valence-electron chi connectivity index (χ4n) is 4.06. The second-order valence-electron chi connectivity index (χ2n) is 7.96. The summed E-state index contributed by atoms with van der Waals surface area (Å²) < 4.78 is 37.6. The first-order valence-electron chi connectivity index (χ1n) is 10.4. The zero-order chi connectivity index (χ0) is 23.5. The first kappa shape index (κ1) is 23.5. The van der Waals surface area contributed by atoms with Gasteiger partial charge in [-0.1, -0.05) is 0 Å². The molecule has 0 bridgehead atoms. The largest absolute Gasteiger partial charge is 0.454 e. The van der Waals surface area contributed by atoms with Crippen LogP contribution in [0.2, 0.25) is 0 Å². The number of carbonyl (C=O) groups excluding carboxylic acids is 4. The highest BCUT2D eigenvalue weighted by Crippen LogP contribution is 2.31. The number of ketones is 1. The van der Waals surface area contributed by atoms with Crippen LogP contribution in [0.1, 0.15) is 6.92 Å². The second kappa shape index (κ2) is 10.1. The molecule has 0 aromatic carbocycles. The average molecular weight is 468 g/mol. The van der Waals surface area contributed by atoms with Gasteiger partial charge in [0.25, 0.3) is 0 Å². The summed E-state index contributed by atoms with van der Waals surface area (Å²) in [5.74, 6) is -2.58. The third-order valence-corrected chi connectivity index (χ3v) is 5.56. The molecule has 0 aliphatic carbocycles. The SMILES string of the molecule is CC(=O)/C=C\C(=O)O[C@@H]1CO[C@H]2[C@@H]1OC[C@H]2OC(=O)/C=C\C(=O)O[C@@H]1CO[C@H]2[C@@H]1OC[C@H]2O. The van der Waals surface area contributed by atoms with Crippen molar-refractivity contribution in [3.63, 3.8) is 0 Å². The third-order valence-electron chi connectivity index (χ3n) is 5.56. The molecule has 4 rings (SSSR count). The van der Waals surface area contributed by atoms with Crippen LogP contribution in [0.4, 0.5) is 0 Å². The Morgan fingerprint density at radius 3 is 1.45 bits per heavy atom. The van der Waals surface area contributed by atoms with Crippen molar-refractivity contribution < 1.29 is 57.4 Å². The smallest absolute Gasteiger partial charge is 0.331 e. The Kier molecular flexibility index (Phi) is 7.20. The molecule has 1 N–H and O–H groups in total. The van der Waals surface area contributed by atoms with E-state index in [4.69, 9.17) is 33.2 Å². The van der Waals surface area contributed by atoms with E-state index >= 15 is 0 Å². The van der Waals surface area contributed by atoms with Gasteiger partial charge in [-0.05, 0) is 13.0 Å². The molecule has 12 heteroatoms. The number of aliphatic hydroxyl groups excluding tert-OH is 1. The minimum absolute atomic E-state index is 0.0266. The van der Waals surface area contributed by atoms with Gasteiger partial charge in [0, 0.05) is 18.2 Å². The normalized spacial score (nSPS) is 37.3. The fraction of sp³-hybridized carbons (Fsp3) is 0.619. The van der Waals surface area contributed by atoms with E-state index in [1.54, 1.807) is 0 Å². The van der Waals surface area contributed by atoms with Crippen LogP contribution >= 0.6 is 0 Å². The minimum Gasteiger partial charge on any atom is -0.454 e. The summed E-state index contributed by atoms with van der Waals surface area (Å²) >= 11 is 0. The van der Waals surface area contributed by atoms with Crippen LogP contribution < -0.4 is 0 Å². The Morgan fingerprint density at radius 1 is 0.636 bits per heavy atom. The van der Waals surface area contributed by atoms with Crippen LogP contribution in [-0.4, -0.2) is 104 Å². The van der Waals surface area contributed by atoms with Crippen molar-refractivity contribution in [3.05, 3.63) is 24.3 Å². The second-order valence-corrected chi connectivity index (χ2v) is 7.96. The summed E-state index contributed by atoms with van der Waals surface area (Å²) in [6.07, 6.45) is -1.28. The molecule has 33 heavy (non-hydrogen) atoms. The van der Waals surface area contributed by atoms with E-state index in [0.717, 1.165) is 24.3 Å². The van der Waals surface area contributed by atoms with Crippen LogP contribution in [0.3, 0.4) is 0 Å². The van der Waals surface area contributed by atoms with Crippen LogP contribution in [0.25, 0.3) is 0 Å². The molecular weight excluding hydrogens is 444 g/mol. The standard InChI is InChI=1S/C21H24O12/c1-10(22)2-3-15(24)32-13-8-29-21-14(9-30-20(13)21)33-17(26)5-4-16(25)31-12-7-28-18-11(23)6-27-19(12)18/h2-5,11-14,18-21,23H,6-9H2,1H3/b3-2-,5-4-/t11-,12-,13-,14-,18-,19-,20-,21-/m1/s1. The van der Waals surface area contributed by atoms with Gasteiger partial charge in [0.2, 0.25) is 0 Å². The molecule has 4 saturated heterocycles. The van der Waals surface area contributed by atoms with Gasteiger partial charge < -0.3 is 38.3 Å². The predicted octanol–water partition coefficient (Wildman–Crippen LogP) is -1.62. The van der Waals surface area contributed by atoms with E-state index in [9.17, 15) is 24.3 Å². The van der Waals surface area contributed by atoms with Crippen molar-refractivity contribution in [1.82, 2.24) is 0 Å². The Morgan fingerprint density at radius 2 is 1.00 bits per heavy atom. The highest BCUT2D eigenvalue weighted by atomic mass is 16.7. The van der Waals surface area contributed by atoms with Crippen LogP contribution in [-0.2, 0) is 52.3 Å². The van der Waals surface area contributed by atoms with Gasteiger partial charge in [-0.15, -0.1) is 0 Å². The lowest BCUT2D eigenvalue weighted by Crippen LogP contribution is -2.35. The van der Waals surface area contributed by atoms with E-state index in [2.05, 4.69) is 0 Å². The highest BCUT2D eigenvalue weighted by Gasteiger charge is 2.51. The van der Waals surface area contributed by atoms with E-state index < -0.39 is 66.7 Å². The maximum atomic E-state index is 12.1. The maximum absolute atomic E-state index is 12.1. The van der Waals surface area contributed by atoms with Crippen molar-refractivity contribution in [2.24, 2.45) is 0 Å². The molecule has 12 nitrogen and oxygen atoms in total. The maximum Gasteiger partial charge on any atom is 0.331 e. The van der Waals surface area contributed by atoms with Crippen molar-refractivity contribution in [2.75, 3.05) is 26.4 Å². The van der Waals surface area contributed by atoms with Gasteiger partial charge >= 0.3 is 17.9 Å². The van der Waals surface area contributed by atoms with E-state index in [1.165, 1.54) is 6.92 Å². The lowest BCUT2D eigenvalue weighted by Gasteiger charge is -2.16. The number of aliphatic hydroxyl groups is 1. The summed E-state index contributed by atoms with van der Waals surface area (Å²) in [4.78, 5) is 46.8. The first-order chi connectivity index (χ1) is 15.8. The Labute approximate surface area is 188 Å². The van der Waals surface area contributed by atoms with Crippen LogP contribution in [0.5, 0.6) is 0 Å². The van der Waals surface area contributed by atoms with Crippen LogP contribution in [0, 0.1) is 0 Å². The van der Waals surface area contributed by atoms with E-state index in [-0.39, 0.29) is 32.2 Å². The molecule has 4 aliphatic rings. The molecule has 4 aliphatic heterocycles. The number of rotatable bonds is 7. The monoisotopic (exact) mass is 468 g/mol. The molecule has 0 aromatic heterocycles. The lowest BCUT2D eigenvalue weighted by atomic mass is 10.1. The third kappa shape index (κ3) is 5.47. The van der Waals surface area contributed by atoms with Gasteiger partial charge in [0.15, 0.2) is 24.1 Å². The lowest BCUT2D eigenvalue weighted by molar-refractivity contribution is -0.151. The summed E-state index contributed by atoms with van der Waals surface area (Å²) in [6.45, 7) is 1.58. The minimum atomic E-state index is -0.803. The first-order valence-corrected chi connectivity index (χ1v) is 10.4. The molecule has 4 heterocycles. The average Bonchev–Trinajstić information content (AvgIpc) is 3.52. The summed E-state index contributed by atoms with van der Waals surface area (Å²) in [7, 11) is 0. The molecule has 0 radical (unpaired) electrons. The number of hydrogen-bond donors (Lipinski definition) is 1. The molecule has 0 unspecified atom stereocenters. The molecule has 180 valence electrons. The number of allylic oxidation sites excluding steroid dienone is 1. The number of esters is 3. The predicted molar refractivity (Wildman–Crippen MR) is 104 cm³/mol. The molecule has 4 fully saturated rings. The Hall–Kier alpha value is -2.64. The Balaban J connectivity index is 1.22. The summed E-state index contributed by atoms with van der Waals surface area (Å²) in [5.41, 5.74) is 0. The quantitative estimate of drug-likeness (QED) is 0.259. The Bertz CT molecular complexity index is 850. The van der Waals surface area contributed by atoms with E-state index in [0.29, 0.717) is 0 Å².